The molecule has 3 N–H and O–H groups in total. The maximum absolute atomic E-state index is 11.7. The molecule has 0 radical (unpaired) electrons. The molecular formula is C11H10N4O3. The van der Waals surface area contributed by atoms with Crippen LogP contribution >= 0.6 is 0 Å². The summed E-state index contributed by atoms with van der Waals surface area (Å²) < 4.78 is 0. The third-order valence-electron chi connectivity index (χ3n) is 2.19. The molecule has 2 aromatic rings. The minimum absolute atomic E-state index is 0.0912. The van der Waals surface area contributed by atoms with Gasteiger partial charge in [0, 0.05) is 18.1 Å². The van der Waals surface area contributed by atoms with Crippen molar-refractivity contribution in [1.82, 2.24) is 15.2 Å². The first-order valence-electron chi connectivity index (χ1n) is 5.13. The van der Waals surface area contributed by atoms with E-state index in [1.165, 1.54) is 18.5 Å². The van der Waals surface area contributed by atoms with E-state index in [1.54, 1.807) is 12.1 Å². The van der Waals surface area contributed by atoms with Crippen LogP contribution in [0.5, 0.6) is 0 Å². The zero-order chi connectivity index (χ0) is 13.0. The molecule has 0 aliphatic rings. The maximum atomic E-state index is 11.7. The minimum atomic E-state index is -1.19. The van der Waals surface area contributed by atoms with Crippen LogP contribution in [-0.4, -0.2) is 32.2 Å². The third kappa shape index (κ3) is 2.70. The Bertz CT molecular complexity index is 565. The van der Waals surface area contributed by atoms with E-state index in [9.17, 15) is 9.59 Å². The highest BCUT2D eigenvalue weighted by Crippen LogP contribution is 2.12. The number of rotatable bonds is 4. The number of aromatic carboxylic acids is 1. The number of H-pyrrole nitrogens is 1. The molecule has 0 fully saturated rings. The summed E-state index contributed by atoms with van der Waals surface area (Å²) in [5.74, 6) is -1.53. The van der Waals surface area contributed by atoms with Crippen LogP contribution in [0.1, 0.15) is 16.2 Å². The fourth-order valence-corrected chi connectivity index (χ4v) is 1.43. The van der Waals surface area contributed by atoms with Crippen molar-refractivity contribution in [1.29, 1.82) is 0 Å². The number of aromatic amines is 1. The van der Waals surface area contributed by atoms with Crippen molar-refractivity contribution in [3.05, 3.63) is 42.0 Å². The standard InChI is InChI=1S/C11H10N4O3/c16-9(6-7-3-5-13-15-7)14-8-2-1-4-12-10(8)11(17)18/h1-5H,6H2,(H,13,15)(H,14,16)(H,17,18). The lowest BCUT2D eigenvalue weighted by atomic mass is 10.2. The molecule has 2 aromatic heterocycles. The number of carbonyl (C=O) groups is 2. The quantitative estimate of drug-likeness (QED) is 0.735. The van der Waals surface area contributed by atoms with Crippen LogP contribution in [0.2, 0.25) is 0 Å². The van der Waals surface area contributed by atoms with Gasteiger partial charge in [-0.15, -0.1) is 0 Å². The molecule has 0 bridgehead atoms. The Balaban J connectivity index is 2.09. The molecule has 2 heterocycles. The summed E-state index contributed by atoms with van der Waals surface area (Å²) in [7, 11) is 0. The molecular weight excluding hydrogens is 236 g/mol. The van der Waals surface area contributed by atoms with Gasteiger partial charge >= 0.3 is 5.97 Å². The van der Waals surface area contributed by atoms with Gasteiger partial charge in [0.25, 0.3) is 0 Å². The fraction of sp³-hybridized carbons (Fsp3) is 0.0909. The van der Waals surface area contributed by atoms with Gasteiger partial charge in [0.1, 0.15) is 0 Å². The topological polar surface area (TPSA) is 108 Å². The van der Waals surface area contributed by atoms with Crippen molar-refractivity contribution in [2.24, 2.45) is 0 Å². The van der Waals surface area contributed by atoms with Gasteiger partial charge in [-0.2, -0.15) is 5.10 Å². The van der Waals surface area contributed by atoms with E-state index in [1.807, 2.05) is 0 Å². The van der Waals surface area contributed by atoms with E-state index < -0.39 is 5.97 Å². The number of anilines is 1. The van der Waals surface area contributed by atoms with Gasteiger partial charge < -0.3 is 10.4 Å². The van der Waals surface area contributed by atoms with Crippen molar-refractivity contribution in [2.45, 2.75) is 6.42 Å². The van der Waals surface area contributed by atoms with Crippen molar-refractivity contribution in [3.8, 4) is 0 Å². The Morgan fingerprint density at radius 1 is 1.33 bits per heavy atom. The summed E-state index contributed by atoms with van der Waals surface area (Å²) >= 11 is 0. The maximum Gasteiger partial charge on any atom is 0.356 e. The average molecular weight is 246 g/mol. The van der Waals surface area contributed by atoms with Gasteiger partial charge in [-0.25, -0.2) is 9.78 Å². The zero-order valence-corrected chi connectivity index (χ0v) is 9.25. The van der Waals surface area contributed by atoms with Crippen molar-refractivity contribution in [2.75, 3.05) is 5.32 Å². The molecule has 92 valence electrons. The number of hydrogen-bond acceptors (Lipinski definition) is 4. The summed E-state index contributed by atoms with van der Waals surface area (Å²) in [6.07, 6.45) is 2.98. The van der Waals surface area contributed by atoms with E-state index in [0.717, 1.165) is 0 Å². The summed E-state index contributed by atoms with van der Waals surface area (Å²) in [6, 6.07) is 4.71. The Morgan fingerprint density at radius 2 is 2.17 bits per heavy atom. The molecule has 0 saturated carbocycles. The van der Waals surface area contributed by atoms with Gasteiger partial charge in [-0.3, -0.25) is 9.89 Å². The molecule has 2 rings (SSSR count). The van der Waals surface area contributed by atoms with Crippen LogP contribution in [0.4, 0.5) is 5.69 Å². The molecule has 7 heteroatoms. The number of carboxylic acids is 1. The van der Waals surface area contributed by atoms with Crippen molar-refractivity contribution < 1.29 is 14.7 Å². The first-order chi connectivity index (χ1) is 8.66. The van der Waals surface area contributed by atoms with Gasteiger partial charge in [0.2, 0.25) is 5.91 Å². The number of carboxylic acid groups (broad SMARTS) is 1. The zero-order valence-electron chi connectivity index (χ0n) is 9.25. The van der Waals surface area contributed by atoms with Crippen molar-refractivity contribution >= 4 is 17.6 Å². The molecule has 0 atom stereocenters. The second-order valence-corrected chi connectivity index (χ2v) is 3.51. The molecule has 7 nitrogen and oxygen atoms in total. The molecule has 0 spiro atoms. The highest BCUT2D eigenvalue weighted by Gasteiger charge is 2.13. The fourth-order valence-electron chi connectivity index (χ4n) is 1.43. The molecule has 0 saturated heterocycles. The smallest absolute Gasteiger partial charge is 0.356 e. The van der Waals surface area contributed by atoms with E-state index in [-0.39, 0.29) is 23.7 Å². The van der Waals surface area contributed by atoms with Gasteiger partial charge in [0.15, 0.2) is 5.69 Å². The van der Waals surface area contributed by atoms with E-state index in [4.69, 9.17) is 5.11 Å². The Labute approximate surface area is 102 Å². The van der Waals surface area contributed by atoms with Gasteiger partial charge in [-0.05, 0) is 18.2 Å². The molecule has 1 amide bonds. The highest BCUT2D eigenvalue weighted by atomic mass is 16.4. The van der Waals surface area contributed by atoms with E-state index >= 15 is 0 Å². The predicted octanol–water partition coefficient (Wildman–Crippen LogP) is 0.684. The molecule has 0 aromatic carbocycles. The monoisotopic (exact) mass is 246 g/mol. The first kappa shape index (κ1) is 11.8. The SMILES string of the molecule is O=C(Cc1ccn[nH]1)Nc1cccnc1C(=O)O. The number of nitrogens with one attached hydrogen (secondary N) is 2. The van der Waals surface area contributed by atoms with E-state index in [2.05, 4.69) is 20.5 Å². The lowest BCUT2D eigenvalue weighted by molar-refractivity contribution is -0.115. The normalized spacial score (nSPS) is 10.0. The summed E-state index contributed by atoms with van der Waals surface area (Å²) in [5, 5.41) is 17.8. The van der Waals surface area contributed by atoms with Gasteiger partial charge in [-0.1, -0.05) is 0 Å². The number of amides is 1. The van der Waals surface area contributed by atoms with Crippen LogP contribution in [0.25, 0.3) is 0 Å². The first-order valence-corrected chi connectivity index (χ1v) is 5.13. The Hall–Kier alpha value is -2.70. The van der Waals surface area contributed by atoms with Crippen LogP contribution in [0, 0.1) is 0 Å². The second-order valence-electron chi connectivity index (χ2n) is 3.51. The number of nitrogens with zero attached hydrogens (tertiary/aromatic N) is 2. The minimum Gasteiger partial charge on any atom is -0.476 e. The number of hydrogen-bond donors (Lipinski definition) is 3. The highest BCUT2D eigenvalue weighted by molar-refractivity contribution is 5.99. The molecule has 0 aliphatic heterocycles. The molecule has 0 unspecified atom stereocenters. The van der Waals surface area contributed by atoms with Gasteiger partial charge in [0.05, 0.1) is 12.1 Å². The molecule has 0 aliphatic carbocycles. The summed E-state index contributed by atoms with van der Waals surface area (Å²) in [5.41, 5.74) is 0.637. The molecule has 18 heavy (non-hydrogen) atoms. The summed E-state index contributed by atoms with van der Waals surface area (Å²) in [6.45, 7) is 0. The predicted molar refractivity (Wildman–Crippen MR) is 62.1 cm³/mol. The number of aromatic nitrogens is 3. The largest absolute Gasteiger partial charge is 0.476 e. The lowest BCUT2D eigenvalue weighted by Crippen LogP contribution is -2.17. The Kier molecular flexibility index (Phi) is 3.33. The van der Waals surface area contributed by atoms with Crippen LogP contribution in [-0.2, 0) is 11.2 Å². The second kappa shape index (κ2) is 5.09. The average Bonchev–Trinajstić information content (AvgIpc) is 2.82. The Morgan fingerprint density at radius 3 is 2.83 bits per heavy atom. The van der Waals surface area contributed by atoms with E-state index in [0.29, 0.717) is 5.69 Å². The summed E-state index contributed by atoms with van der Waals surface area (Å²) in [4.78, 5) is 26.3. The van der Waals surface area contributed by atoms with Crippen LogP contribution in [0.15, 0.2) is 30.6 Å². The van der Waals surface area contributed by atoms with Crippen LogP contribution in [0.3, 0.4) is 0 Å². The number of pyridine rings is 1. The van der Waals surface area contributed by atoms with Crippen LogP contribution < -0.4 is 5.32 Å². The number of carbonyl (C=O) groups excluding carboxylic acids is 1. The lowest BCUT2D eigenvalue weighted by Gasteiger charge is -2.06. The third-order valence-corrected chi connectivity index (χ3v) is 2.19. The van der Waals surface area contributed by atoms with Crippen molar-refractivity contribution in [3.63, 3.8) is 0 Å².